The zero-order valence-corrected chi connectivity index (χ0v) is 12.7. The molecule has 0 amide bonds. The lowest BCUT2D eigenvalue weighted by molar-refractivity contribution is 0.309. The number of benzene rings is 1. The zero-order chi connectivity index (χ0) is 13.6. The van der Waals surface area contributed by atoms with Gasteiger partial charge >= 0.3 is 0 Å². The van der Waals surface area contributed by atoms with Crippen molar-refractivity contribution < 1.29 is 4.74 Å². The molecule has 0 aliphatic heterocycles. The van der Waals surface area contributed by atoms with E-state index in [1.165, 1.54) is 0 Å². The van der Waals surface area contributed by atoms with Gasteiger partial charge in [-0.15, -0.1) is 0 Å². The number of alkyl halides is 3. The molecule has 100 valence electrons. The molecule has 0 fully saturated rings. The van der Waals surface area contributed by atoms with Gasteiger partial charge in [0.15, 0.2) is 3.79 Å². The van der Waals surface area contributed by atoms with Crippen molar-refractivity contribution in [1.82, 2.24) is 0 Å². The molecule has 1 aromatic rings. The average Bonchev–Trinajstić information content (AvgIpc) is 2.28. The molecule has 0 aliphatic carbocycles. The smallest absolute Gasteiger partial charge is 0.194 e. The number of hydrogen-bond acceptors (Lipinski definition) is 1. The van der Waals surface area contributed by atoms with Crippen molar-refractivity contribution in [3.63, 3.8) is 0 Å². The van der Waals surface area contributed by atoms with Crippen LogP contribution in [0.1, 0.15) is 31.7 Å². The molecule has 0 aliphatic rings. The fraction of sp³-hybridized carbons (Fsp3) is 0.429. The zero-order valence-electron chi connectivity index (χ0n) is 10.4. The number of ether oxygens (including phenoxy) is 1. The summed E-state index contributed by atoms with van der Waals surface area (Å²) in [5.74, 6) is 0.855. The van der Waals surface area contributed by atoms with Gasteiger partial charge in [-0.05, 0) is 29.7 Å². The third-order valence-electron chi connectivity index (χ3n) is 2.44. The first-order chi connectivity index (χ1) is 8.42. The van der Waals surface area contributed by atoms with Gasteiger partial charge in [-0.2, -0.15) is 0 Å². The summed E-state index contributed by atoms with van der Waals surface area (Å²) in [5.41, 5.74) is 1.76. The molecular formula is C14H17Cl3O. The summed E-state index contributed by atoms with van der Waals surface area (Å²) in [4.78, 5) is 0. The molecule has 1 nitrogen and oxygen atoms in total. The third-order valence-corrected chi connectivity index (χ3v) is 2.84. The standard InChI is InChI=1S/C14H17Cl3O/c1-3-4-9-18-13-7-5-12(6-8-13)11(2)10-14(15,16)17/h5-8H,2-4,9-10H2,1H3. The summed E-state index contributed by atoms with van der Waals surface area (Å²) in [6.45, 7) is 6.79. The highest BCUT2D eigenvalue weighted by atomic mass is 35.6. The van der Waals surface area contributed by atoms with Crippen LogP contribution >= 0.6 is 34.8 Å². The molecule has 18 heavy (non-hydrogen) atoms. The summed E-state index contributed by atoms with van der Waals surface area (Å²) in [7, 11) is 0. The Hall–Kier alpha value is -0.370. The largest absolute Gasteiger partial charge is 0.494 e. The van der Waals surface area contributed by atoms with E-state index in [9.17, 15) is 0 Å². The van der Waals surface area contributed by atoms with E-state index in [1.54, 1.807) is 0 Å². The van der Waals surface area contributed by atoms with E-state index in [1.807, 2.05) is 24.3 Å². The Balaban J connectivity index is 2.57. The maximum Gasteiger partial charge on any atom is 0.194 e. The minimum atomic E-state index is -1.30. The number of allylic oxidation sites excluding steroid dienone is 1. The topological polar surface area (TPSA) is 9.23 Å². The Morgan fingerprint density at radius 1 is 1.22 bits per heavy atom. The molecule has 1 aromatic carbocycles. The first-order valence-corrected chi connectivity index (χ1v) is 7.03. The molecule has 0 atom stereocenters. The van der Waals surface area contributed by atoms with E-state index in [2.05, 4.69) is 13.5 Å². The van der Waals surface area contributed by atoms with E-state index in [0.29, 0.717) is 6.42 Å². The van der Waals surface area contributed by atoms with Crippen molar-refractivity contribution in [2.75, 3.05) is 6.61 Å². The van der Waals surface area contributed by atoms with Crippen LogP contribution in [-0.2, 0) is 0 Å². The fourth-order valence-corrected chi connectivity index (χ4v) is 1.95. The van der Waals surface area contributed by atoms with Crippen molar-refractivity contribution in [2.45, 2.75) is 30.0 Å². The molecule has 0 bridgehead atoms. The van der Waals surface area contributed by atoms with Crippen LogP contribution in [0.4, 0.5) is 0 Å². The van der Waals surface area contributed by atoms with Gasteiger partial charge < -0.3 is 4.74 Å². The lowest BCUT2D eigenvalue weighted by Gasteiger charge is -2.13. The number of unbranched alkanes of at least 4 members (excludes halogenated alkanes) is 1. The van der Waals surface area contributed by atoms with Gasteiger partial charge in [0.05, 0.1) is 6.61 Å². The summed E-state index contributed by atoms with van der Waals surface area (Å²) in [6.07, 6.45) is 2.49. The van der Waals surface area contributed by atoms with E-state index in [4.69, 9.17) is 39.5 Å². The van der Waals surface area contributed by atoms with E-state index in [-0.39, 0.29) is 0 Å². The van der Waals surface area contributed by atoms with Crippen LogP contribution < -0.4 is 4.74 Å². The molecule has 4 heteroatoms. The van der Waals surface area contributed by atoms with E-state index in [0.717, 1.165) is 36.3 Å². The van der Waals surface area contributed by atoms with Crippen molar-refractivity contribution in [3.8, 4) is 5.75 Å². The Kier molecular flexibility index (Phi) is 6.34. The summed E-state index contributed by atoms with van der Waals surface area (Å²) in [6, 6.07) is 7.68. The molecule has 0 heterocycles. The second-order valence-electron chi connectivity index (χ2n) is 4.12. The first kappa shape index (κ1) is 15.7. The maximum atomic E-state index is 5.74. The van der Waals surface area contributed by atoms with E-state index < -0.39 is 3.79 Å². The lowest BCUT2D eigenvalue weighted by Crippen LogP contribution is -2.02. The molecule has 0 saturated carbocycles. The fourth-order valence-electron chi connectivity index (χ4n) is 1.47. The minimum absolute atomic E-state index is 0.313. The Labute approximate surface area is 124 Å². The van der Waals surface area contributed by atoms with Crippen molar-refractivity contribution in [2.24, 2.45) is 0 Å². The van der Waals surface area contributed by atoms with Gasteiger partial charge in [0.25, 0.3) is 0 Å². The highest BCUT2D eigenvalue weighted by Crippen LogP contribution is 2.36. The molecule has 0 unspecified atom stereocenters. The Morgan fingerprint density at radius 3 is 2.33 bits per heavy atom. The molecule has 0 saturated heterocycles. The lowest BCUT2D eigenvalue weighted by atomic mass is 10.1. The van der Waals surface area contributed by atoms with Gasteiger partial charge in [-0.25, -0.2) is 0 Å². The number of hydrogen-bond donors (Lipinski definition) is 0. The van der Waals surface area contributed by atoms with Crippen molar-refractivity contribution in [1.29, 1.82) is 0 Å². The summed E-state index contributed by atoms with van der Waals surface area (Å²) >= 11 is 17.2. The van der Waals surface area contributed by atoms with Crippen LogP contribution in [0.3, 0.4) is 0 Å². The highest BCUT2D eigenvalue weighted by molar-refractivity contribution is 6.67. The predicted octanol–water partition coefficient (Wildman–Crippen LogP) is 5.64. The van der Waals surface area contributed by atoms with Crippen LogP contribution in [0.15, 0.2) is 30.8 Å². The van der Waals surface area contributed by atoms with E-state index >= 15 is 0 Å². The Bertz CT molecular complexity index is 379. The summed E-state index contributed by atoms with van der Waals surface area (Å²) in [5, 5.41) is 0. The minimum Gasteiger partial charge on any atom is -0.494 e. The second kappa shape index (κ2) is 7.28. The van der Waals surface area contributed by atoms with Crippen molar-refractivity contribution >= 4 is 40.4 Å². The highest BCUT2D eigenvalue weighted by Gasteiger charge is 2.21. The SMILES string of the molecule is C=C(CC(Cl)(Cl)Cl)c1ccc(OCCCC)cc1. The van der Waals surface area contributed by atoms with Crippen LogP contribution in [0.5, 0.6) is 5.75 Å². The maximum absolute atomic E-state index is 5.74. The van der Waals surface area contributed by atoms with Crippen LogP contribution in [-0.4, -0.2) is 10.4 Å². The molecule has 0 aromatic heterocycles. The normalized spacial score (nSPS) is 11.3. The molecule has 0 N–H and O–H groups in total. The van der Waals surface area contributed by atoms with Crippen LogP contribution in [0.25, 0.3) is 5.57 Å². The Morgan fingerprint density at radius 2 is 1.83 bits per heavy atom. The van der Waals surface area contributed by atoms with Crippen molar-refractivity contribution in [3.05, 3.63) is 36.4 Å². The molecule has 0 spiro atoms. The van der Waals surface area contributed by atoms with Gasteiger partial charge in [0, 0.05) is 6.42 Å². The van der Waals surface area contributed by atoms with Gasteiger partial charge in [-0.1, -0.05) is 66.9 Å². The number of rotatable bonds is 6. The van der Waals surface area contributed by atoms with Crippen LogP contribution in [0, 0.1) is 0 Å². The third kappa shape index (κ3) is 5.99. The van der Waals surface area contributed by atoms with Crippen LogP contribution in [0.2, 0.25) is 0 Å². The van der Waals surface area contributed by atoms with Gasteiger partial charge in [0.2, 0.25) is 0 Å². The van der Waals surface area contributed by atoms with Gasteiger partial charge in [-0.3, -0.25) is 0 Å². The predicted molar refractivity (Wildman–Crippen MR) is 80.8 cm³/mol. The molecular weight excluding hydrogens is 291 g/mol. The number of halogens is 3. The molecule has 1 rings (SSSR count). The summed E-state index contributed by atoms with van der Waals surface area (Å²) < 4.78 is 4.28. The first-order valence-electron chi connectivity index (χ1n) is 5.90. The quantitative estimate of drug-likeness (QED) is 0.488. The average molecular weight is 308 g/mol. The second-order valence-corrected chi connectivity index (χ2v) is 6.64. The van der Waals surface area contributed by atoms with Gasteiger partial charge in [0.1, 0.15) is 5.75 Å². The molecule has 0 radical (unpaired) electrons. The monoisotopic (exact) mass is 306 g/mol.